The van der Waals surface area contributed by atoms with Gasteiger partial charge in [0.1, 0.15) is 17.7 Å². The number of fused-ring (bicyclic) bond motifs is 1. The highest BCUT2D eigenvalue weighted by Crippen LogP contribution is 2.25. The van der Waals surface area contributed by atoms with Crippen molar-refractivity contribution in [3.05, 3.63) is 64.7 Å². The summed E-state index contributed by atoms with van der Waals surface area (Å²) in [6, 6.07) is 7.51. The number of anilines is 1. The van der Waals surface area contributed by atoms with Crippen molar-refractivity contribution in [3.63, 3.8) is 0 Å². The lowest BCUT2D eigenvalue weighted by Crippen LogP contribution is -2.47. The van der Waals surface area contributed by atoms with Crippen LogP contribution in [0.3, 0.4) is 0 Å². The molecule has 0 spiro atoms. The highest BCUT2D eigenvalue weighted by molar-refractivity contribution is 6.01. The molecule has 5 nitrogen and oxygen atoms in total. The van der Waals surface area contributed by atoms with Crippen LogP contribution in [-0.4, -0.2) is 24.4 Å². The van der Waals surface area contributed by atoms with Crippen molar-refractivity contribution in [2.45, 2.75) is 32.9 Å². The Labute approximate surface area is 162 Å². The van der Waals surface area contributed by atoms with Gasteiger partial charge < -0.3 is 16.0 Å². The van der Waals surface area contributed by atoms with Crippen molar-refractivity contribution in [2.75, 3.05) is 11.9 Å². The largest absolute Gasteiger partial charge is 0.340 e. The first-order valence-corrected chi connectivity index (χ1v) is 9.25. The smallest absolute Gasteiger partial charge is 0.251 e. The number of hydrogen-bond acceptors (Lipinski definition) is 3. The Hall–Kier alpha value is -2.80. The molecule has 1 aliphatic rings. The maximum absolute atomic E-state index is 14.8. The number of halogens is 2. The molecule has 3 N–H and O–H groups in total. The number of nitrogens with one attached hydrogen (secondary N) is 3. The van der Waals surface area contributed by atoms with Gasteiger partial charge in [0.15, 0.2) is 0 Å². The van der Waals surface area contributed by atoms with Crippen molar-refractivity contribution in [1.82, 2.24) is 10.6 Å². The maximum Gasteiger partial charge on any atom is 0.251 e. The van der Waals surface area contributed by atoms with E-state index in [1.165, 1.54) is 30.3 Å². The Morgan fingerprint density at radius 1 is 1.07 bits per heavy atom. The quantitative estimate of drug-likeness (QED) is 0.739. The lowest BCUT2D eigenvalue weighted by molar-refractivity contribution is -0.118. The van der Waals surface area contributed by atoms with E-state index in [1.807, 2.05) is 0 Å². The summed E-state index contributed by atoms with van der Waals surface area (Å²) in [5.41, 5.74) is 1.83. The van der Waals surface area contributed by atoms with Gasteiger partial charge in [0.25, 0.3) is 5.91 Å². The number of rotatable bonds is 5. The van der Waals surface area contributed by atoms with Gasteiger partial charge in [-0.2, -0.15) is 0 Å². The molecule has 1 unspecified atom stereocenters. The highest BCUT2D eigenvalue weighted by Gasteiger charge is 2.26. The van der Waals surface area contributed by atoms with E-state index >= 15 is 0 Å². The molecule has 0 radical (unpaired) electrons. The summed E-state index contributed by atoms with van der Waals surface area (Å²) in [6.07, 6.45) is 0.555. The van der Waals surface area contributed by atoms with Crippen LogP contribution in [-0.2, 0) is 17.8 Å². The fourth-order valence-electron chi connectivity index (χ4n) is 3.20. The molecule has 2 aromatic rings. The molecule has 0 bridgehead atoms. The minimum absolute atomic E-state index is 0.104. The van der Waals surface area contributed by atoms with Crippen LogP contribution in [0, 0.1) is 17.6 Å². The average Bonchev–Trinajstić information content (AvgIpc) is 2.68. The van der Waals surface area contributed by atoms with Crippen molar-refractivity contribution in [3.8, 4) is 0 Å². The maximum atomic E-state index is 14.8. The number of hydrogen-bond donors (Lipinski definition) is 3. The van der Waals surface area contributed by atoms with Gasteiger partial charge in [-0.1, -0.05) is 19.9 Å². The van der Waals surface area contributed by atoms with Crippen LogP contribution in [0.4, 0.5) is 14.5 Å². The van der Waals surface area contributed by atoms with Crippen LogP contribution < -0.4 is 16.0 Å². The van der Waals surface area contributed by atoms with Crippen LogP contribution >= 0.6 is 0 Å². The second-order valence-electron chi connectivity index (χ2n) is 7.18. The van der Waals surface area contributed by atoms with Crippen LogP contribution in [0.25, 0.3) is 0 Å². The Morgan fingerprint density at radius 3 is 2.46 bits per heavy atom. The fourth-order valence-corrected chi connectivity index (χ4v) is 3.20. The minimum Gasteiger partial charge on any atom is -0.340 e. The van der Waals surface area contributed by atoms with E-state index in [0.717, 1.165) is 5.56 Å². The van der Waals surface area contributed by atoms with E-state index in [-0.39, 0.29) is 17.2 Å². The SMILES string of the molecule is CC(C)C(NC(=O)c1ccc(F)cc1)C(=O)Nc1ccc2c(c1F)CCNC2. The first-order valence-electron chi connectivity index (χ1n) is 9.25. The van der Waals surface area contributed by atoms with E-state index in [1.54, 1.807) is 19.9 Å². The molecule has 1 aliphatic heterocycles. The summed E-state index contributed by atoms with van der Waals surface area (Å²) in [7, 11) is 0. The van der Waals surface area contributed by atoms with Crippen molar-refractivity contribution < 1.29 is 18.4 Å². The molecule has 0 aliphatic carbocycles. The Morgan fingerprint density at radius 2 is 1.79 bits per heavy atom. The molecule has 1 atom stereocenters. The summed E-state index contributed by atoms with van der Waals surface area (Å²) >= 11 is 0. The van der Waals surface area contributed by atoms with E-state index in [9.17, 15) is 18.4 Å². The summed E-state index contributed by atoms with van der Waals surface area (Å²) < 4.78 is 27.8. The average molecular weight is 387 g/mol. The first kappa shape index (κ1) is 19.9. The zero-order valence-corrected chi connectivity index (χ0v) is 15.8. The van der Waals surface area contributed by atoms with E-state index in [2.05, 4.69) is 16.0 Å². The highest BCUT2D eigenvalue weighted by atomic mass is 19.1. The van der Waals surface area contributed by atoms with Crippen molar-refractivity contribution in [1.29, 1.82) is 0 Å². The lowest BCUT2D eigenvalue weighted by Gasteiger charge is -2.23. The summed E-state index contributed by atoms with van der Waals surface area (Å²) in [6.45, 7) is 4.85. The van der Waals surface area contributed by atoms with Gasteiger partial charge in [0, 0.05) is 12.1 Å². The molecule has 0 saturated heterocycles. The Kier molecular flexibility index (Phi) is 6.04. The van der Waals surface area contributed by atoms with Gasteiger partial charge >= 0.3 is 0 Å². The predicted molar refractivity (Wildman–Crippen MR) is 103 cm³/mol. The summed E-state index contributed by atoms with van der Waals surface area (Å²) in [4.78, 5) is 25.1. The van der Waals surface area contributed by atoms with Crippen LogP contribution in [0.15, 0.2) is 36.4 Å². The topological polar surface area (TPSA) is 70.2 Å². The first-order chi connectivity index (χ1) is 13.4. The summed E-state index contributed by atoms with van der Waals surface area (Å²) in [5.74, 6) is -2.11. The molecular formula is C21H23F2N3O2. The third-order valence-electron chi connectivity index (χ3n) is 4.81. The number of carbonyl (C=O) groups excluding carboxylic acids is 2. The van der Waals surface area contributed by atoms with Crippen LogP contribution in [0.2, 0.25) is 0 Å². The predicted octanol–water partition coefficient (Wildman–Crippen LogP) is 3.00. The molecule has 3 rings (SSSR count). The molecular weight excluding hydrogens is 364 g/mol. The normalized spacial score (nSPS) is 14.3. The molecule has 148 valence electrons. The van der Waals surface area contributed by atoms with E-state index < -0.39 is 29.5 Å². The van der Waals surface area contributed by atoms with E-state index in [0.29, 0.717) is 25.1 Å². The molecule has 0 aromatic heterocycles. The van der Waals surface area contributed by atoms with Crippen molar-refractivity contribution in [2.24, 2.45) is 5.92 Å². The van der Waals surface area contributed by atoms with Gasteiger partial charge in [0.2, 0.25) is 5.91 Å². The third-order valence-corrected chi connectivity index (χ3v) is 4.81. The molecule has 7 heteroatoms. The molecule has 1 heterocycles. The minimum atomic E-state index is -0.866. The molecule has 0 fully saturated rings. The van der Waals surface area contributed by atoms with Gasteiger partial charge in [-0.25, -0.2) is 8.78 Å². The lowest BCUT2D eigenvalue weighted by atomic mass is 9.99. The zero-order valence-electron chi connectivity index (χ0n) is 15.8. The van der Waals surface area contributed by atoms with E-state index in [4.69, 9.17) is 0 Å². The number of carbonyl (C=O) groups is 2. The van der Waals surface area contributed by atoms with Gasteiger partial charge in [0.05, 0.1) is 5.69 Å². The second kappa shape index (κ2) is 8.48. The summed E-state index contributed by atoms with van der Waals surface area (Å²) in [5, 5.41) is 8.42. The van der Waals surface area contributed by atoms with Crippen LogP contribution in [0.5, 0.6) is 0 Å². The van der Waals surface area contributed by atoms with Crippen molar-refractivity contribution >= 4 is 17.5 Å². The van der Waals surface area contributed by atoms with Gasteiger partial charge in [-0.05, 0) is 60.3 Å². The molecule has 2 amide bonds. The van der Waals surface area contributed by atoms with Crippen LogP contribution in [0.1, 0.15) is 35.3 Å². The number of amides is 2. The van der Waals surface area contributed by atoms with Gasteiger partial charge in [-0.15, -0.1) is 0 Å². The van der Waals surface area contributed by atoms with Gasteiger partial charge in [-0.3, -0.25) is 9.59 Å². The monoisotopic (exact) mass is 387 g/mol. The zero-order chi connectivity index (χ0) is 20.3. The second-order valence-corrected chi connectivity index (χ2v) is 7.18. The number of benzene rings is 2. The standard InChI is InChI=1S/C21H23F2N3O2/c1-12(2)19(26-20(27)13-3-6-15(22)7-4-13)21(28)25-17-8-5-14-11-24-10-9-16(14)18(17)23/h3-8,12,19,24H,9-11H2,1-2H3,(H,25,28)(H,26,27). The Bertz CT molecular complexity index is 882. The third kappa shape index (κ3) is 4.36. The Balaban J connectivity index is 1.75. The molecule has 28 heavy (non-hydrogen) atoms. The molecule has 2 aromatic carbocycles. The fraction of sp³-hybridized carbons (Fsp3) is 0.333. The molecule has 0 saturated carbocycles.